The predicted molar refractivity (Wildman–Crippen MR) is 97.8 cm³/mol. The van der Waals surface area contributed by atoms with Crippen LogP contribution in [0.25, 0.3) is 12.1 Å². The Labute approximate surface area is 153 Å². The standard InChI is InChI=1S/C19H20N4O2/c1-19(2,3)16-13(20-11-21-16)10-15-18(25)22-14(17(24)23-15)9-12-7-5-4-6-8-12/h4-11H,1-3H3,(H,20,21)(H,22,25)(H,23,24)/b14-9-,15-10-/i4D,5D,6D,7D,8D,9D,10D. The van der Waals surface area contributed by atoms with Gasteiger partial charge in [0.15, 0.2) is 0 Å². The average Bonchev–Trinajstić information content (AvgIpc) is 3.22. The van der Waals surface area contributed by atoms with Crippen molar-refractivity contribution in [2.45, 2.75) is 26.2 Å². The van der Waals surface area contributed by atoms with Crippen molar-refractivity contribution in [3.8, 4) is 0 Å². The summed E-state index contributed by atoms with van der Waals surface area (Å²) in [5.74, 6) is 0. The first-order chi connectivity index (χ1) is 14.8. The van der Waals surface area contributed by atoms with Gasteiger partial charge in [-0.2, -0.15) is 0 Å². The average molecular weight is 343 g/mol. The van der Waals surface area contributed by atoms with Gasteiger partial charge in [0.2, 0.25) is 0 Å². The molecule has 2 heterocycles. The monoisotopic (exact) mass is 343 g/mol. The molecule has 6 heteroatoms. The first-order valence-electron chi connectivity index (χ1n) is 10.9. The number of nitrogens with zero attached hydrogens (tertiary/aromatic N) is 1. The van der Waals surface area contributed by atoms with E-state index in [2.05, 4.69) is 19.9 Å². The number of nitrogens with one attached hydrogen (secondary N) is 3. The van der Waals surface area contributed by atoms with Crippen LogP contribution in [-0.4, -0.2) is 19.9 Å². The first-order valence-corrected chi connectivity index (χ1v) is 7.43. The highest BCUT2D eigenvalue weighted by molar-refractivity contribution is 5.49. The van der Waals surface area contributed by atoms with Crippen LogP contribution in [-0.2, 0) is 5.41 Å². The second-order valence-corrected chi connectivity index (χ2v) is 6.28. The fourth-order valence-electron chi connectivity index (χ4n) is 2.16. The maximum Gasteiger partial charge on any atom is 0.272 e. The quantitative estimate of drug-likeness (QED) is 0.640. The molecule has 3 aromatic rings. The van der Waals surface area contributed by atoms with Crippen molar-refractivity contribution in [1.82, 2.24) is 19.9 Å². The molecule has 0 unspecified atom stereocenters. The van der Waals surface area contributed by atoms with Crippen molar-refractivity contribution in [3.05, 3.63) is 84.9 Å². The number of imidazole rings is 1. The molecule has 3 N–H and O–H groups in total. The summed E-state index contributed by atoms with van der Waals surface area (Å²) < 4.78 is 55.7. The lowest BCUT2D eigenvalue weighted by Crippen LogP contribution is -2.46. The summed E-state index contributed by atoms with van der Waals surface area (Å²) in [7, 11) is 0. The molecule has 0 saturated carbocycles. The van der Waals surface area contributed by atoms with Crippen molar-refractivity contribution < 1.29 is 9.60 Å². The second kappa shape index (κ2) is 6.39. The Morgan fingerprint density at radius 2 is 1.64 bits per heavy atom. The predicted octanol–water partition coefficient (Wildman–Crippen LogP) is 0.741. The number of benzene rings is 1. The van der Waals surface area contributed by atoms with Crippen molar-refractivity contribution in [2.24, 2.45) is 0 Å². The van der Waals surface area contributed by atoms with Gasteiger partial charge in [0.05, 0.1) is 27.3 Å². The highest BCUT2D eigenvalue weighted by Crippen LogP contribution is 2.22. The molecule has 3 rings (SSSR count). The van der Waals surface area contributed by atoms with E-state index < -0.39 is 63.7 Å². The Balaban J connectivity index is 2.37. The van der Waals surface area contributed by atoms with Crippen molar-refractivity contribution in [1.29, 1.82) is 0 Å². The Kier molecular flexibility index (Phi) is 2.55. The van der Waals surface area contributed by atoms with E-state index in [4.69, 9.17) is 9.60 Å². The fraction of sp³-hybridized carbons (Fsp3) is 0.211. The summed E-state index contributed by atoms with van der Waals surface area (Å²) in [5, 5.41) is -0.965. The van der Waals surface area contributed by atoms with Crippen molar-refractivity contribution in [3.63, 3.8) is 0 Å². The van der Waals surface area contributed by atoms with Crippen LogP contribution >= 0.6 is 0 Å². The van der Waals surface area contributed by atoms with Gasteiger partial charge in [0.25, 0.3) is 11.1 Å². The molecule has 2 aromatic heterocycles. The third-order valence-corrected chi connectivity index (χ3v) is 3.28. The molecule has 0 radical (unpaired) electrons. The van der Waals surface area contributed by atoms with Crippen LogP contribution in [0.3, 0.4) is 0 Å². The van der Waals surface area contributed by atoms with Crippen LogP contribution in [0.1, 0.15) is 47.3 Å². The zero-order chi connectivity index (χ0) is 24.1. The minimum Gasteiger partial charge on any atom is -0.345 e. The van der Waals surface area contributed by atoms with Gasteiger partial charge in [-0.3, -0.25) is 9.59 Å². The number of H-pyrrole nitrogens is 3. The van der Waals surface area contributed by atoms with Crippen LogP contribution in [0, 0.1) is 0 Å². The van der Waals surface area contributed by atoms with Gasteiger partial charge in [-0.1, -0.05) is 51.0 Å². The molecule has 0 fully saturated rings. The maximum atomic E-state index is 12.7. The molecule has 0 aliphatic heterocycles. The molecule has 0 amide bonds. The summed E-state index contributed by atoms with van der Waals surface area (Å²) in [5.41, 5.74) is -2.07. The highest BCUT2D eigenvalue weighted by atomic mass is 16.1. The van der Waals surface area contributed by atoms with Gasteiger partial charge >= 0.3 is 0 Å². The summed E-state index contributed by atoms with van der Waals surface area (Å²) in [4.78, 5) is 36.8. The number of hydrogen-bond acceptors (Lipinski definition) is 3. The molecule has 0 spiro atoms. The SMILES string of the molecule is [2H]/C(c1[nH]cnc1C(C)(C)C)=c1/[nH]c(=O)/c(=C(\[2H])c2c([2H])c([2H])c([2H])c([2H])c2[2H])[nH]c1=O. The van der Waals surface area contributed by atoms with Gasteiger partial charge in [-0.25, -0.2) is 4.98 Å². The highest BCUT2D eigenvalue weighted by Gasteiger charge is 2.19. The minimum absolute atomic E-state index is 0.243. The summed E-state index contributed by atoms with van der Waals surface area (Å²) in [6, 6.07) is -4.39. The topological polar surface area (TPSA) is 94.4 Å². The molecule has 25 heavy (non-hydrogen) atoms. The number of rotatable bonds is 2. The molecule has 0 aliphatic rings. The van der Waals surface area contributed by atoms with E-state index in [0.717, 1.165) is 0 Å². The number of aromatic amines is 3. The van der Waals surface area contributed by atoms with Crippen molar-refractivity contribution in [2.75, 3.05) is 0 Å². The van der Waals surface area contributed by atoms with E-state index >= 15 is 0 Å². The third kappa shape index (κ3) is 3.68. The number of hydrogen-bond donors (Lipinski definition) is 3. The van der Waals surface area contributed by atoms with Crippen LogP contribution in [0.15, 0.2) is 46.1 Å². The van der Waals surface area contributed by atoms with E-state index in [1.807, 2.05) is 20.8 Å². The zero-order valence-corrected chi connectivity index (χ0v) is 13.8. The largest absolute Gasteiger partial charge is 0.345 e. The van der Waals surface area contributed by atoms with E-state index in [0.29, 0.717) is 5.69 Å². The van der Waals surface area contributed by atoms with Gasteiger partial charge in [0.1, 0.15) is 10.7 Å². The Morgan fingerprint density at radius 3 is 2.24 bits per heavy atom. The zero-order valence-electron chi connectivity index (χ0n) is 20.8. The fourth-order valence-corrected chi connectivity index (χ4v) is 2.16. The third-order valence-electron chi connectivity index (χ3n) is 3.28. The van der Waals surface area contributed by atoms with E-state index in [1.165, 1.54) is 6.33 Å². The lowest BCUT2D eigenvalue weighted by Gasteiger charge is -2.16. The Hall–Kier alpha value is -3.15. The lowest BCUT2D eigenvalue weighted by molar-refractivity contribution is 0.571. The molecule has 0 saturated heterocycles. The van der Waals surface area contributed by atoms with Gasteiger partial charge < -0.3 is 15.0 Å². The normalized spacial score (nSPS) is 18.1. The Bertz CT molecular complexity index is 1450. The first kappa shape index (κ1) is 9.98. The molecular weight excluding hydrogens is 316 g/mol. The summed E-state index contributed by atoms with van der Waals surface area (Å²) in [6.07, 6.45) is 1.37. The van der Waals surface area contributed by atoms with Gasteiger partial charge in [-0.05, 0) is 17.7 Å². The maximum absolute atomic E-state index is 12.7. The van der Waals surface area contributed by atoms with E-state index in [1.54, 1.807) is 0 Å². The lowest BCUT2D eigenvalue weighted by atomic mass is 9.90. The van der Waals surface area contributed by atoms with Crippen molar-refractivity contribution >= 4 is 12.1 Å². The molecule has 1 aromatic carbocycles. The molecular formula is C19H20N4O2. The van der Waals surface area contributed by atoms with Gasteiger partial charge in [-0.15, -0.1) is 0 Å². The van der Waals surface area contributed by atoms with E-state index in [9.17, 15) is 9.59 Å². The molecule has 0 aliphatic carbocycles. The number of aromatic nitrogens is 4. The van der Waals surface area contributed by atoms with Crippen LogP contribution in [0.4, 0.5) is 0 Å². The van der Waals surface area contributed by atoms with Crippen LogP contribution < -0.4 is 21.8 Å². The molecule has 0 bridgehead atoms. The second-order valence-electron chi connectivity index (χ2n) is 6.28. The minimum atomic E-state index is -0.960. The van der Waals surface area contributed by atoms with Crippen LogP contribution in [0.2, 0.25) is 0 Å². The summed E-state index contributed by atoms with van der Waals surface area (Å²) >= 11 is 0. The Morgan fingerprint density at radius 1 is 1.04 bits per heavy atom. The van der Waals surface area contributed by atoms with Crippen LogP contribution in [0.5, 0.6) is 0 Å². The summed E-state index contributed by atoms with van der Waals surface area (Å²) in [6.45, 7) is 5.62. The molecule has 0 atom stereocenters. The smallest absolute Gasteiger partial charge is 0.272 e. The molecule has 128 valence electrons. The van der Waals surface area contributed by atoms with Gasteiger partial charge in [0, 0.05) is 5.41 Å². The molecule has 6 nitrogen and oxygen atoms in total. The van der Waals surface area contributed by atoms with E-state index in [-0.39, 0.29) is 17.1 Å².